The summed E-state index contributed by atoms with van der Waals surface area (Å²) in [5, 5.41) is 13.5. The molecule has 0 fully saturated rings. The Labute approximate surface area is 147 Å². The van der Waals surface area contributed by atoms with E-state index in [9.17, 15) is 9.59 Å². The molecule has 0 aliphatic carbocycles. The number of hydrogen-bond acceptors (Lipinski definition) is 9. The second-order valence-electron chi connectivity index (χ2n) is 4.35. The van der Waals surface area contributed by atoms with Crippen molar-refractivity contribution in [3.05, 3.63) is 38.7 Å². The van der Waals surface area contributed by atoms with E-state index in [0.717, 1.165) is 16.2 Å². The molecule has 3 rings (SSSR count). The Morgan fingerprint density at radius 2 is 2.25 bits per heavy atom. The molecule has 0 aliphatic rings. The Balaban J connectivity index is 1.82. The molecule has 0 atom stereocenters. The van der Waals surface area contributed by atoms with Gasteiger partial charge in [0, 0.05) is 6.07 Å². The first-order valence-electron chi connectivity index (χ1n) is 6.35. The molecule has 0 spiro atoms. The summed E-state index contributed by atoms with van der Waals surface area (Å²) < 4.78 is 9.67. The van der Waals surface area contributed by atoms with Crippen molar-refractivity contribution in [2.24, 2.45) is 0 Å². The van der Waals surface area contributed by atoms with Crippen LogP contribution >= 0.6 is 34.3 Å². The van der Waals surface area contributed by atoms with Gasteiger partial charge < -0.3 is 14.9 Å². The minimum atomic E-state index is -0.842. The van der Waals surface area contributed by atoms with Gasteiger partial charge in [-0.2, -0.15) is 0 Å². The molecule has 0 radical (unpaired) electrons. The van der Waals surface area contributed by atoms with E-state index in [0.29, 0.717) is 10.0 Å². The molecule has 3 aromatic rings. The van der Waals surface area contributed by atoms with Crippen molar-refractivity contribution in [3.63, 3.8) is 0 Å². The van der Waals surface area contributed by atoms with Crippen LogP contribution < -0.4 is 21.4 Å². The topological polar surface area (TPSA) is 120 Å². The van der Waals surface area contributed by atoms with Gasteiger partial charge in [-0.05, 0) is 11.4 Å². The maximum Gasteiger partial charge on any atom is 0.381 e. The van der Waals surface area contributed by atoms with E-state index in [4.69, 9.17) is 26.5 Å². The lowest BCUT2D eigenvalue weighted by molar-refractivity contribution is 0.0991. The van der Waals surface area contributed by atoms with Gasteiger partial charge in [0.15, 0.2) is 10.8 Å². The van der Waals surface area contributed by atoms with E-state index < -0.39 is 11.5 Å². The average Bonchev–Trinajstić information content (AvgIpc) is 3.15. The molecule has 0 unspecified atom stereocenters. The minimum Gasteiger partial charge on any atom is -0.488 e. The molecule has 0 bridgehead atoms. The number of methoxy groups -OCH3 is 1. The summed E-state index contributed by atoms with van der Waals surface area (Å²) in [6, 6.07) is 2.95. The lowest BCUT2D eigenvalue weighted by Gasteiger charge is -2.04. The summed E-state index contributed by atoms with van der Waals surface area (Å²) in [7, 11) is 1.28. The summed E-state index contributed by atoms with van der Waals surface area (Å²) >= 11 is 8.59. The van der Waals surface area contributed by atoms with Gasteiger partial charge in [0.1, 0.15) is 0 Å². The van der Waals surface area contributed by atoms with Crippen molar-refractivity contribution < 1.29 is 13.9 Å². The van der Waals surface area contributed by atoms with Crippen molar-refractivity contribution in [2.75, 3.05) is 18.2 Å². The molecule has 11 heteroatoms. The van der Waals surface area contributed by atoms with Gasteiger partial charge in [0.2, 0.25) is 10.9 Å². The lowest BCUT2D eigenvalue weighted by Crippen LogP contribution is -2.16. The zero-order valence-electron chi connectivity index (χ0n) is 12.0. The van der Waals surface area contributed by atoms with Crippen LogP contribution in [-0.4, -0.2) is 23.2 Å². The van der Waals surface area contributed by atoms with Gasteiger partial charge in [-0.15, -0.1) is 21.5 Å². The highest BCUT2D eigenvalue weighted by atomic mass is 35.5. The number of carbonyl (C=O) groups is 1. The summed E-state index contributed by atoms with van der Waals surface area (Å²) in [5.41, 5.74) is 4.81. The second kappa shape index (κ2) is 6.59. The maximum atomic E-state index is 12.2. The minimum absolute atomic E-state index is 0.00206. The second-order valence-corrected chi connectivity index (χ2v) is 6.65. The monoisotopic (exact) mass is 384 g/mol. The van der Waals surface area contributed by atoms with Crippen LogP contribution in [0.25, 0.3) is 9.88 Å². The number of thiophene rings is 1. The van der Waals surface area contributed by atoms with E-state index in [1.807, 2.05) is 5.38 Å². The highest BCUT2D eigenvalue weighted by Gasteiger charge is 2.18. The number of anilines is 2. The zero-order chi connectivity index (χ0) is 17.3. The number of halogens is 1. The van der Waals surface area contributed by atoms with E-state index >= 15 is 0 Å². The number of nitrogens with one attached hydrogen (secondary N) is 1. The van der Waals surface area contributed by atoms with Crippen molar-refractivity contribution >= 4 is 51.0 Å². The molecule has 0 saturated carbocycles. The van der Waals surface area contributed by atoms with Crippen LogP contribution in [0.5, 0.6) is 5.75 Å². The standard InChI is InChI=1S/C13H9ClN4O4S2/c1-21-8-6(15)4-7(22-12(8)20)10(19)16-13-18-17-11(24-13)9-5(14)2-3-23-9/h2-4H,15H2,1H3,(H,16,18,19). The number of amides is 1. The SMILES string of the molecule is COc1c(N)cc(C(=O)Nc2nnc(-c3sccc3Cl)s2)oc1=O. The zero-order valence-corrected chi connectivity index (χ0v) is 14.4. The van der Waals surface area contributed by atoms with Crippen molar-refractivity contribution in [3.8, 4) is 15.6 Å². The van der Waals surface area contributed by atoms with E-state index in [2.05, 4.69) is 15.5 Å². The van der Waals surface area contributed by atoms with Crippen molar-refractivity contribution in [1.29, 1.82) is 0 Å². The lowest BCUT2D eigenvalue weighted by atomic mass is 10.3. The normalized spacial score (nSPS) is 10.6. The molecule has 124 valence electrons. The van der Waals surface area contributed by atoms with Gasteiger partial charge >= 0.3 is 5.63 Å². The van der Waals surface area contributed by atoms with Crippen LogP contribution in [0.15, 0.2) is 26.7 Å². The number of ether oxygens (including phenoxy) is 1. The fourth-order valence-corrected chi connectivity index (χ4v) is 3.83. The number of nitrogens with zero attached hydrogens (tertiary/aromatic N) is 2. The molecular formula is C13H9ClN4O4S2. The third-order valence-electron chi connectivity index (χ3n) is 2.82. The quantitative estimate of drug-likeness (QED) is 0.709. The van der Waals surface area contributed by atoms with E-state index in [1.54, 1.807) is 6.07 Å². The van der Waals surface area contributed by atoms with Crippen molar-refractivity contribution in [1.82, 2.24) is 10.2 Å². The third-order valence-corrected chi connectivity index (χ3v) is 5.16. The van der Waals surface area contributed by atoms with E-state index in [1.165, 1.54) is 24.5 Å². The van der Waals surface area contributed by atoms with Gasteiger partial charge in [-0.25, -0.2) is 4.79 Å². The molecule has 8 nitrogen and oxygen atoms in total. The smallest absolute Gasteiger partial charge is 0.381 e. The van der Waals surface area contributed by atoms with Crippen LogP contribution in [0.1, 0.15) is 10.6 Å². The Kier molecular flexibility index (Phi) is 4.51. The van der Waals surface area contributed by atoms with E-state index in [-0.39, 0.29) is 22.3 Å². The molecule has 0 saturated heterocycles. The summed E-state index contributed by atoms with van der Waals surface area (Å²) in [4.78, 5) is 24.6. The largest absolute Gasteiger partial charge is 0.488 e. The third kappa shape index (κ3) is 3.11. The molecule has 3 aromatic heterocycles. The first kappa shape index (κ1) is 16.4. The highest BCUT2D eigenvalue weighted by Crippen LogP contribution is 2.36. The summed E-state index contributed by atoms with van der Waals surface area (Å²) in [5.74, 6) is -1.09. The summed E-state index contributed by atoms with van der Waals surface area (Å²) in [6.07, 6.45) is 0. The molecule has 0 aromatic carbocycles. The highest BCUT2D eigenvalue weighted by molar-refractivity contribution is 7.23. The van der Waals surface area contributed by atoms with Gasteiger partial charge in [0.25, 0.3) is 5.91 Å². The molecule has 1 amide bonds. The van der Waals surface area contributed by atoms with Crippen molar-refractivity contribution in [2.45, 2.75) is 0 Å². The summed E-state index contributed by atoms with van der Waals surface area (Å²) in [6.45, 7) is 0. The Morgan fingerprint density at radius 3 is 2.88 bits per heavy atom. The molecule has 24 heavy (non-hydrogen) atoms. The van der Waals surface area contributed by atoms with Crippen LogP contribution in [0.4, 0.5) is 10.8 Å². The van der Waals surface area contributed by atoms with Gasteiger partial charge in [-0.1, -0.05) is 22.9 Å². The first-order valence-corrected chi connectivity index (χ1v) is 8.43. The predicted molar refractivity (Wildman–Crippen MR) is 92.1 cm³/mol. The van der Waals surface area contributed by atoms with Gasteiger partial charge in [-0.3, -0.25) is 10.1 Å². The molecule has 0 aliphatic heterocycles. The Hall–Kier alpha value is -2.43. The number of nitrogens with two attached hydrogens (primary N) is 1. The van der Waals surface area contributed by atoms with Crippen LogP contribution in [-0.2, 0) is 0 Å². The number of carbonyl (C=O) groups excluding carboxylic acids is 1. The number of aromatic nitrogens is 2. The number of rotatable bonds is 4. The molecule has 3 heterocycles. The number of hydrogen-bond donors (Lipinski definition) is 2. The Bertz CT molecular complexity index is 965. The fourth-order valence-electron chi connectivity index (χ4n) is 1.78. The van der Waals surface area contributed by atoms with Crippen LogP contribution in [0, 0.1) is 0 Å². The van der Waals surface area contributed by atoms with Crippen LogP contribution in [0.2, 0.25) is 5.02 Å². The first-order chi connectivity index (χ1) is 11.5. The Morgan fingerprint density at radius 1 is 1.46 bits per heavy atom. The van der Waals surface area contributed by atoms with Crippen LogP contribution in [0.3, 0.4) is 0 Å². The maximum absolute atomic E-state index is 12.2. The molecular weight excluding hydrogens is 376 g/mol. The fraction of sp³-hybridized carbons (Fsp3) is 0.0769. The average molecular weight is 385 g/mol. The van der Waals surface area contributed by atoms with Gasteiger partial charge in [0.05, 0.1) is 22.7 Å². The number of nitrogen functional groups attached to an aromatic ring is 1. The predicted octanol–water partition coefficient (Wildman–Crippen LogP) is 2.72. The molecule has 3 N–H and O–H groups in total.